The molecule has 0 unspecified atom stereocenters. The lowest BCUT2D eigenvalue weighted by atomic mass is 9.97. The molecule has 0 fully saturated rings. The summed E-state index contributed by atoms with van der Waals surface area (Å²) in [7, 11) is 0. The molecule has 7 heteroatoms. The Kier molecular flexibility index (Phi) is 7.98. The number of hydrogen-bond acceptors (Lipinski definition) is 6. The molecule has 1 amide bonds. The number of pyridine rings is 1. The predicted octanol–water partition coefficient (Wildman–Crippen LogP) is 7.20. The van der Waals surface area contributed by atoms with Crippen LogP contribution in [0, 0.1) is 6.92 Å². The fourth-order valence-corrected chi connectivity index (χ4v) is 6.61. The number of fused-ring (bicyclic) bond motifs is 3. The first-order chi connectivity index (χ1) is 20.1. The third kappa shape index (κ3) is 5.69. The maximum absolute atomic E-state index is 13.0. The van der Waals surface area contributed by atoms with Gasteiger partial charge in [-0.05, 0) is 76.1 Å². The van der Waals surface area contributed by atoms with Crippen molar-refractivity contribution in [3.63, 3.8) is 0 Å². The van der Waals surface area contributed by atoms with Crippen LogP contribution >= 0.6 is 11.8 Å². The van der Waals surface area contributed by atoms with Gasteiger partial charge in [-0.1, -0.05) is 72.4 Å². The summed E-state index contributed by atoms with van der Waals surface area (Å²) in [6, 6.07) is 24.4. The van der Waals surface area contributed by atoms with Crippen molar-refractivity contribution in [3.8, 4) is 11.1 Å². The highest BCUT2D eigenvalue weighted by atomic mass is 32.2. The molecule has 41 heavy (non-hydrogen) atoms. The minimum atomic E-state index is -0.470. The van der Waals surface area contributed by atoms with Crippen LogP contribution in [0.3, 0.4) is 0 Å². The van der Waals surface area contributed by atoms with E-state index < -0.39 is 6.09 Å². The van der Waals surface area contributed by atoms with Crippen molar-refractivity contribution in [2.24, 2.45) is 0 Å². The average Bonchev–Trinajstić information content (AvgIpc) is 3.34. The third-order valence-electron chi connectivity index (χ3n) is 7.58. The Labute approximate surface area is 243 Å². The molecule has 3 aromatic carbocycles. The fraction of sp³-hybridized carbons (Fsp3) is 0.206. The number of aromatic nitrogens is 1. The van der Waals surface area contributed by atoms with Crippen LogP contribution in [-0.2, 0) is 16.0 Å². The number of nitrogens with one attached hydrogen (secondary N) is 1. The van der Waals surface area contributed by atoms with Gasteiger partial charge in [-0.25, -0.2) is 9.78 Å². The van der Waals surface area contributed by atoms with Crippen LogP contribution in [0.5, 0.6) is 0 Å². The van der Waals surface area contributed by atoms with E-state index >= 15 is 0 Å². The summed E-state index contributed by atoms with van der Waals surface area (Å²) in [5.41, 5.74) is 9.59. The highest BCUT2D eigenvalue weighted by Crippen LogP contribution is 2.44. The summed E-state index contributed by atoms with van der Waals surface area (Å²) in [6.45, 7) is 3.86. The van der Waals surface area contributed by atoms with Crippen LogP contribution in [0.1, 0.15) is 50.5 Å². The molecule has 0 saturated carbocycles. The van der Waals surface area contributed by atoms with Crippen LogP contribution in [0.15, 0.2) is 95.0 Å². The highest BCUT2D eigenvalue weighted by Gasteiger charge is 2.29. The van der Waals surface area contributed by atoms with E-state index in [4.69, 9.17) is 9.47 Å². The summed E-state index contributed by atoms with van der Waals surface area (Å²) < 4.78 is 11.3. The smallest absolute Gasteiger partial charge is 0.407 e. The summed E-state index contributed by atoms with van der Waals surface area (Å²) >= 11 is 1.44. The molecule has 206 valence electrons. The van der Waals surface area contributed by atoms with Crippen LogP contribution < -0.4 is 5.32 Å². The van der Waals surface area contributed by atoms with Crippen LogP contribution in [-0.4, -0.2) is 37.2 Å². The van der Waals surface area contributed by atoms with E-state index in [0.717, 1.165) is 34.3 Å². The fourth-order valence-electron chi connectivity index (χ4n) is 5.59. The molecule has 4 aromatic rings. The van der Waals surface area contributed by atoms with E-state index in [-0.39, 0.29) is 19.1 Å². The molecule has 6 rings (SSSR count). The Morgan fingerprint density at radius 2 is 1.83 bits per heavy atom. The number of carbonyl (C=O) groups excluding carboxylic acids is 2. The lowest BCUT2D eigenvalue weighted by molar-refractivity contribution is 0.112. The molecule has 0 radical (unpaired) electrons. The molecule has 0 bridgehead atoms. The molecular formula is C34H30N2O4S. The number of amides is 1. The Morgan fingerprint density at radius 1 is 1.07 bits per heavy atom. The van der Waals surface area contributed by atoms with Crippen molar-refractivity contribution in [2.45, 2.75) is 35.7 Å². The van der Waals surface area contributed by atoms with E-state index in [0.29, 0.717) is 23.8 Å². The quantitative estimate of drug-likeness (QED) is 0.229. The number of carbonyl (C=O) groups is 2. The molecule has 0 saturated heterocycles. The van der Waals surface area contributed by atoms with E-state index in [1.54, 1.807) is 18.3 Å². The van der Waals surface area contributed by atoms with Gasteiger partial charge in [0.25, 0.3) is 0 Å². The van der Waals surface area contributed by atoms with Gasteiger partial charge in [0, 0.05) is 29.1 Å². The Morgan fingerprint density at radius 3 is 2.54 bits per heavy atom. The second-order valence-corrected chi connectivity index (χ2v) is 11.1. The zero-order chi connectivity index (χ0) is 28.2. The number of nitrogens with zero attached hydrogens (tertiary/aromatic N) is 1. The Hall–Kier alpha value is -4.20. The second-order valence-electron chi connectivity index (χ2n) is 10.1. The zero-order valence-electron chi connectivity index (χ0n) is 22.8. The van der Waals surface area contributed by atoms with Crippen LogP contribution in [0.4, 0.5) is 4.79 Å². The number of rotatable bonds is 8. The first-order valence-corrected chi connectivity index (χ1v) is 14.5. The first-order valence-electron chi connectivity index (χ1n) is 13.7. The standard InChI is InChI=1S/C34H30N2O4S/c1-22-17-25(23-12-15-39-16-13-23)18-26(32(22)41-33-24(20-37)7-6-14-35-33)19-36-34(38)40-21-31-29-10-4-2-8-27(29)28-9-3-5-11-30(28)31/h2-12,14,17-18,20,31H,13,15-16,19,21H2,1H3,(H,36,38). The summed E-state index contributed by atoms with van der Waals surface area (Å²) in [6.07, 6.45) is 4.97. The normalized spacial score (nSPS) is 14.1. The second kappa shape index (κ2) is 12.1. The van der Waals surface area contributed by atoms with Gasteiger partial charge in [-0.3, -0.25) is 4.79 Å². The Balaban J connectivity index is 1.21. The molecule has 1 aliphatic carbocycles. The number of alkyl carbamates (subject to hydrolysis) is 1. The number of ether oxygens (including phenoxy) is 2. The number of aldehydes is 1. The maximum Gasteiger partial charge on any atom is 0.407 e. The minimum Gasteiger partial charge on any atom is -0.449 e. The lowest BCUT2D eigenvalue weighted by Crippen LogP contribution is -2.26. The van der Waals surface area contributed by atoms with Crippen molar-refractivity contribution in [1.29, 1.82) is 0 Å². The van der Waals surface area contributed by atoms with Gasteiger partial charge in [0.05, 0.1) is 13.2 Å². The van der Waals surface area contributed by atoms with Gasteiger partial charge >= 0.3 is 6.09 Å². The van der Waals surface area contributed by atoms with Crippen LogP contribution in [0.25, 0.3) is 16.7 Å². The molecule has 0 atom stereocenters. The number of benzene rings is 3. The van der Waals surface area contributed by atoms with E-state index in [2.05, 4.69) is 52.8 Å². The Bertz CT molecular complexity index is 1600. The molecular weight excluding hydrogens is 532 g/mol. The molecule has 1 aromatic heterocycles. The maximum atomic E-state index is 13.0. The summed E-state index contributed by atoms with van der Waals surface area (Å²) in [5, 5.41) is 3.60. The summed E-state index contributed by atoms with van der Waals surface area (Å²) in [4.78, 5) is 30.1. The van der Waals surface area contributed by atoms with E-state index in [1.165, 1.54) is 39.6 Å². The third-order valence-corrected chi connectivity index (χ3v) is 8.90. The molecule has 1 N–H and O–H groups in total. The lowest BCUT2D eigenvalue weighted by Gasteiger charge is -2.19. The molecule has 2 heterocycles. The SMILES string of the molecule is Cc1cc(C2=CCOCC2)cc(CNC(=O)OCC2c3ccccc3-c3ccccc32)c1Sc1ncccc1C=O. The van der Waals surface area contributed by atoms with Crippen molar-refractivity contribution in [2.75, 3.05) is 19.8 Å². The predicted molar refractivity (Wildman–Crippen MR) is 160 cm³/mol. The molecule has 1 aliphatic heterocycles. The van der Waals surface area contributed by atoms with Gasteiger partial charge in [-0.2, -0.15) is 0 Å². The van der Waals surface area contributed by atoms with E-state index in [9.17, 15) is 9.59 Å². The molecule has 2 aliphatic rings. The van der Waals surface area contributed by atoms with Gasteiger partial charge < -0.3 is 14.8 Å². The van der Waals surface area contributed by atoms with E-state index in [1.807, 2.05) is 31.2 Å². The van der Waals surface area contributed by atoms with Crippen molar-refractivity contribution < 1.29 is 19.1 Å². The topological polar surface area (TPSA) is 77.5 Å². The zero-order valence-corrected chi connectivity index (χ0v) is 23.6. The number of hydrogen-bond donors (Lipinski definition) is 1. The average molecular weight is 563 g/mol. The van der Waals surface area contributed by atoms with Crippen molar-refractivity contribution in [1.82, 2.24) is 10.3 Å². The number of aryl methyl sites for hydroxylation is 1. The first kappa shape index (κ1) is 27.0. The van der Waals surface area contributed by atoms with Gasteiger partial charge in [0.1, 0.15) is 11.6 Å². The minimum absolute atomic E-state index is 0.00351. The monoisotopic (exact) mass is 562 g/mol. The highest BCUT2D eigenvalue weighted by molar-refractivity contribution is 7.99. The largest absolute Gasteiger partial charge is 0.449 e. The van der Waals surface area contributed by atoms with Gasteiger partial charge in [0.15, 0.2) is 6.29 Å². The van der Waals surface area contributed by atoms with Crippen molar-refractivity contribution in [3.05, 3.63) is 118 Å². The van der Waals surface area contributed by atoms with Gasteiger partial charge in [-0.15, -0.1) is 0 Å². The van der Waals surface area contributed by atoms with Crippen molar-refractivity contribution >= 4 is 29.7 Å². The molecule has 0 spiro atoms. The van der Waals surface area contributed by atoms with Gasteiger partial charge in [0.2, 0.25) is 0 Å². The molecule has 6 nitrogen and oxygen atoms in total. The van der Waals surface area contributed by atoms with Crippen LogP contribution in [0.2, 0.25) is 0 Å². The summed E-state index contributed by atoms with van der Waals surface area (Å²) in [5.74, 6) is -0.00351.